The third kappa shape index (κ3) is 4.92. The second-order valence-corrected chi connectivity index (χ2v) is 6.89. The number of rotatable bonds is 6. The van der Waals surface area contributed by atoms with Crippen LogP contribution < -0.4 is 5.32 Å². The summed E-state index contributed by atoms with van der Waals surface area (Å²) in [6.07, 6.45) is 6.55. The van der Waals surface area contributed by atoms with Crippen molar-refractivity contribution in [3.63, 3.8) is 0 Å². The zero-order valence-corrected chi connectivity index (χ0v) is 16.7. The molecule has 0 atom stereocenters. The van der Waals surface area contributed by atoms with E-state index in [0.29, 0.717) is 0 Å². The molecule has 3 aromatic rings. The second-order valence-electron chi connectivity index (χ2n) is 6.46. The highest BCUT2D eigenvalue weighted by Crippen LogP contribution is 2.14. The Morgan fingerprint density at radius 1 is 1.30 bits per heavy atom. The van der Waals surface area contributed by atoms with E-state index in [1.54, 1.807) is 13.2 Å². The van der Waals surface area contributed by atoms with E-state index in [0.717, 1.165) is 41.9 Å². The fraction of sp³-hybridized carbons (Fsp3) is 0.300. The van der Waals surface area contributed by atoms with Gasteiger partial charge in [-0.15, -0.1) is 0 Å². The Hall–Kier alpha value is -2.73. The van der Waals surface area contributed by atoms with Crippen LogP contribution in [-0.2, 0) is 20.0 Å². The minimum Gasteiger partial charge on any atom is -0.356 e. The topological polar surface area (TPSA) is 50.4 Å². The SMILES string of the molecule is CN=C(NCCc1ccc(-n2cccn2)cc1)N(C)Cc1cc(Cl)cn1C. The average Bonchev–Trinajstić information content (AvgIpc) is 3.29. The highest BCUT2D eigenvalue weighted by molar-refractivity contribution is 6.30. The summed E-state index contributed by atoms with van der Waals surface area (Å²) in [5, 5.41) is 8.42. The molecule has 0 fully saturated rings. The van der Waals surface area contributed by atoms with Gasteiger partial charge >= 0.3 is 0 Å². The summed E-state index contributed by atoms with van der Waals surface area (Å²) in [4.78, 5) is 6.47. The van der Waals surface area contributed by atoms with Crippen molar-refractivity contribution in [1.29, 1.82) is 0 Å². The summed E-state index contributed by atoms with van der Waals surface area (Å²) in [6.45, 7) is 1.55. The van der Waals surface area contributed by atoms with E-state index >= 15 is 0 Å². The standard InChI is InChI=1S/C20H25ClN6/c1-22-20(26(3)15-19-13-17(21)14-25(19)2)23-11-9-16-5-7-18(8-6-16)27-12-4-10-24-27/h4-8,10,12-14H,9,11,15H2,1-3H3,(H,22,23). The van der Waals surface area contributed by atoms with Gasteiger partial charge in [-0.05, 0) is 36.2 Å². The van der Waals surface area contributed by atoms with Crippen LogP contribution in [0.1, 0.15) is 11.3 Å². The lowest BCUT2D eigenvalue weighted by Gasteiger charge is -2.22. The van der Waals surface area contributed by atoms with Gasteiger partial charge in [0.1, 0.15) is 0 Å². The Morgan fingerprint density at radius 2 is 2.07 bits per heavy atom. The van der Waals surface area contributed by atoms with Gasteiger partial charge in [0.2, 0.25) is 0 Å². The predicted octanol–water partition coefficient (Wildman–Crippen LogP) is 3.11. The highest BCUT2D eigenvalue weighted by atomic mass is 35.5. The number of nitrogens with zero attached hydrogens (tertiary/aromatic N) is 5. The third-order valence-electron chi connectivity index (χ3n) is 4.45. The molecule has 0 radical (unpaired) electrons. The average molecular weight is 385 g/mol. The molecule has 0 spiro atoms. The van der Waals surface area contributed by atoms with Crippen molar-refractivity contribution < 1.29 is 0 Å². The van der Waals surface area contributed by atoms with E-state index < -0.39 is 0 Å². The van der Waals surface area contributed by atoms with E-state index in [9.17, 15) is 0 Å². The van der Waals surface area contributed by atoms with Crippen LogP contribution in [0, 0.1) is 0 Å². The van der Waals surface area contributed by atoms with Crippen LogP contribution in [0.5, 0.6) is 0 Å². The van der Waals surface area contributed by atoms with Gasteiger partial charge in [-0.25, -0.2) is 4.68 Å². The van der Waals surface area contributed by atoms with Gasteiger partial charge in [0.05, 0.1) is 17.3 Å². The first kappa shape index (κ1) is 19.0. The lowest BCUT2D eigenvalue weighted by Crippen LogP contribution is -2.39. The first-order valence-electron chi connectivity index (χ1n) is 8.88. The Balaban J connectivity index is 1.51. The number of benzene rings is 1. The van der Waals surface area contributed by atoms with Crippen molar-refractivity contribution in [1.82, 2.24) is 24.6 Å². The Labute approximate surface area is 165 Å². The summed E-state index contributed by atoms with van der Waals surface area (Å²) in [6, 6.07) is 12.3. The van der Waals surface area contributed by atoms with Crippen LogP contribution >= 0.6 is 11.6 Å². The minimum atomic E-state index is 0.738. The molecule has 0 aliphatic rings. The van der Waals surface area contributed by atoms with Gasteiger partial charge in [0.15, 0.2) is 5.96 Å². The number of hydrogen-bond acceptors (Lipinski definition) is 2. The number of aromatic nitrogens is 3. The molecule has 0 aliphatic heterocycles. The number of hydrogen-bond donors (Lipinski definition) is 1. The Kier molecular flexibility index (Phi) is 6.19. The lowest BCUT2D eigenvalue weighted by molar-refractivity contribution is 0.462. The summed E-state index contributed by atoms with van der Waals surface area (Å²) >= 11 is 6.07. The lowest BCUT2D eigenvalue weighted by atomic mass is 10.1. The molecule has 1 aromatic carbocycles. The molecule has 6 nitrogen and oxygen atoms in total. The van der Waals surface area contributed by atoms with Crippen molar-refractivity contribution in [2.75, 3.05) is 20.6 Å². The van der Waals surface area contributed by atoms with Gasteiger partial charge in [-0.2, -0.15) is 5.10 Å². The zero-order chi connectivity index (χ0) is 19.2. The van der Waals surface area contributed by atoms with Crippen LogP contribution in [-0.4, -0.2) is 45.8 Å². The fourth-order valence-electron chi connectivity index (χ4n) is 2.98. The van der Waals surface area contributed by atoms with E-state index in [1.807, 2.05) is 47.9 Å². The van der Waals surface area contributed by atoms with Gasteiger partial charge in [0.25, 0.3) is 0 Å². The zero-order valence-electron chi connectivity index (χ0n) is 15.9. The fourth-order valence-corrected chi connectivity index (χ4v) is 3.25. The Bertz CT molecular complexity index is 880. The van der Waals surface area contributed by atoms with Crippen molar-refractivity contribution in [2.24, 2.45) is 12.0 Å². The molecule has 2 heterocycles. The summed E-state index contributed by atoms with van der Waals surface area (Å²) in [7, 11) is 5.82. The molecule has 0 unspecified atom stereocenters. The quantitative estimate of drug-likeness (QED) is 0.524. The maximum absolute atomic E-state index is 6.07. The molecule has 0 amide bonds. The smallest absolute Gasteiger partial charge is 0.193 e. The number of aliphatic imine (C=N–C) groups is 1. The number of halogens is 1. The molecule has 3 rings (SSSR count). The minimum absolute atomic E-state index is 0.738. The van der Waals surface area contributed by atoms with E-state index in [2.05, 4.69) is 44.6 Å². The molecule has 1 N–H and O–H groups in total. The van der Waals surface area contributed by atoms with Crippen LogP contribution in [0.25, 0.3) is 5.69 Å². The van der Waals surface area contributed by atoms with Crippen LogP contribution in [0.4, 0.5) is 0 Å². The molecule has 0 saturated heterocycles. The highest BCUT2D eigenvalue weighted by Gasteiger charge is 2.09. The first-order chi connectivity index (χ1) is 13.1. The van der Waals surface area contributed by atoms with Gasteiger partial charge in [-0.3, -0.25) is 4.99 Å². The normalized spacial score (nSPS) is 11.6. The van der Waals surface area contributed by atoms with E-state index in [1.165, 1.54) is 5.56 Å². The summed E-state index contributed by atoms with van der Waals surface area (Å²) < 4.78 is 3.89. The second kappa shape index (κ2) is 8.77. The molecule has 142 valence electrons. The Morgan fingerprint density at radius 3 is 2.67 bits per heavy atom. The maximum atomic E-state index is 6.07. The third-order valence-corrected chi connectivity index (χ3v) is 4.66. The molecule has 0 aliphatic carbocycles. The monoisotopic (exact) mass is 384 g/mol. The molecule has 27 heavy (non-hydrogen) atoms. The van der Waals surface area contributed by atoms with E-state index in [4.69, 9.17) is 11.6 Å². The van der Waals surface area contributed by atoms with Crippen LogP contribution in [0.3, 0.4) is 0 Å². The van der Waals surface area contributed by atoms with Gasteiger partial charge < -0.3 is 14.8 Å². The maximum Gasteiger partial charge on any atom is 0.193 e. The first-order valence-corrected chi connectivity index (χ1v) is 9.26. The van der Waals surface area contributed by atoms with Crippen LogP contribution in [0.15, 0.2) is 60.0 Å². The molecule has 2 aromatic heterocycles. The molecule has 7 heteroatoms. The molecular formula is C20H25ClN6. The van der Waals surface area contributed by atoms with Gasteiger partial charge in [0, 0.05) is 52.0 Å². The number of aryl methyl sites for hydroxylation is 1. The molecule has 0 bridgehead atoms. The van der Waals surface area contributed by atoms with Gasteiger partial charge in [-0.1, -0.05) is 23.7 Å². The van der Waals surface area contributed by atoms with Crippen molar-refractivity contribution in [3.8, 4) is 5.69 Å². The largest absolute Gasteiger partial charge is 0.356 e. The molecular weight excluding hydrogens is 360 g/mol. The summed E-state index contributed by atoms with van der Waals surface area (Å²) in [5.41, 5.74) is 3.47. The number of guanidine groups is 1. The predicted molar refractivity (Wildman–Crippen MR) is 111 cm³/mol. The van der Waals surface area contributed by atoms with Crippen molar-refractivity contribution >= 4 is 17.6 Å². The molecule has 0 saturated carbocycles. The van der Waals surface area contributed by atoms with Crippen molar-refractivity contribution in [3.05, 3.63) is 71.3 Å². The van der Waals surface area contributed by atoms with E-state index in [-0.39, 0.29) is 0 Å². The number of nitrogens with one attached hydrogen (secondary N) is 1. The van der Waals surface area contributed by atoms with Crippen LogP contribution in [0.2, 0.25) is 5.02 Å². The van der Waals surface area contributed by atoms with Crippen molar-refractivity contribution in [2.45, 2.75) is 13.0 Å². The summed E-state index contributed by atoms with van der Waals surface area (Å²) in [5.74, 6) is 0.862.